The molecule has 1 rings (SSSR count). The summed E-state index contributed by atoms with van der Waals surface area (Å²) < 4.78 is 5.82. The predicted octanol–water partition coefficient (Wildman–Crippen LogP) is 4.24. The largest absolute Gasteiger partial charge is 0.379 e. The van der Waals surface area contributed by atoms with E-state index in [2.05, 4.69) is 50.4 Å². The highest BCUT2D eigenvalue weighted by atomic mass is 16.5. The first-order valence-corrected chi connectivity index (χ1v) is 7.65. The quantitative estimate of drug-likeness (QED) is 0.637. The Morgan fingerprint density at radius 2 is 1.79 bits per heavy atom. The van der Waals surface area contributed by atoms with Crippen molar-refractivity contribution >= 4 is 0 Å². The van der Waals surface area contributed by atoms with Crippen molar-refractivity contribution in [3.8, 4) is 0 Å². The SMILES string of the molecule is CCCCCOCC(NCCC)c1ccc(C)cc1. The fraction of sp³-hybridized carbons (Fsp3) is 0.647. The van der Waals surface area contributed by atoms with Crippen molar-refractivity contribution in [2.75, 3.05) is 19.8 Å². The van der Waals surface area contributed by atoms with Gasteiger partial charge in [0.1, 0.15) is 0 Å². The van der Waals surface area contributed by atoms with Crippen LogP contribution in [0.1, 0.15) is 56.7 Å². The standard InChI is InChI=1S/C17H29NO/c1-4-6-7-13-19-14-17(18-12-5-2)16-10-8-15(3)9-11-16/h8-11,17-18H,4-7,12-14H2,1-3H3. The summed E-state index contributed by atoms with van der Waals surface area (Å²) in [5.41, 5.74) is 2.64. The van der Waals surface area contributed by atoms with E-state index in [1.807, 2.05) is 0 Å². The minimum atomic E-state index is 0.321. The highest BCUT2D eigenvalue weighted by Gasteiger charge is 2.10. The second kappa shape index (κ2) is 9.99. The lowest BCUT2D eigenvalue weighted by Gasteiger charge is -2.19. The van der Waals surface area contributed by atoms with Crippen LogP contribution in [0.2, 0.25) is 0 Å². The summed E-state index contributed by atoms with van der Waals surface area (Å²) in [5.74, 6) is 0. The summed E-state index contributed by atoms with van der Waals surface area (Å²) in [4.78, 5) is 0. The van der Waals surface area contributed by atoms with Crippen LogP contribution >= 0.6 is 0 Å². The van der Waals surface area contributed by atoms with E-state index >= 15 is 0 Å². The Hall–Kier alpha value is -0.860. The summed E-state index contributed by atoms with van der Waals surface area (Å²) in [5, 5.41) is 3.57. The smallest absolute Gasteiger partial charge is 0.0661 e. The second-order valence-electron chi connectivity index (χ2n) is 5.20. The lowest BCUT2D eigenvalue weighted by molar-refractivity contribution is 0.108. The van der Waals surface area contributed by atoms with Crippen molar-refractivity contribution in [2.24, 2.45) is 0 Å². The molecule has 0 aliphatic heterocycles. The van der Waals surface area contributed by atoms with Gasteiger partial charge in [-0.2, -0.15) is 0 Å². The molecule has 0 bridgehead atoms. The molecule has 0 amide bonds. The molecule has 1 aromatic carbocycles. The molecule has 1 unspecified atom stereocenters. The summed E-state index contributed by atoms with van der Waals surface area (Å²) in [6.45, 7) is 9.23. The first-order chi connectivity index (χ1) is 9.27. The Balaban J connectivity index is 2.44. The molecule has 0 saturated heterocycles. The molecule has 1 aromatic rings. The molecular formula is C17H29NO. The average molecular weight is 263 g/mol. The maximum atomic E-state index is 5.82. The minimum Gasteiger partial charge on any atom is -0.379 e. The Morgan fingerprint density at radius 3 is 2.42 bits per heavy atom. The summed E-state index contributed by atoms with van der Waals surface area (Å²) in [6, 6.07) is 9.08. The molecule has 0 spiro atoms. The van der Waals surface area contributed by atoms with Crippen molar-refractivity contribution in [3.05, 3.63) is 35.4 Å². The zero-order valence-electron chi connectivity index (χ0n) is 12.7. The Bertz CT molecular complexity index is 321. The van der Waals surface area contributed by atoms with Crippen molar-refractivity contribution < 1.29 is 4.74 Å². The fourth-order valence-electron chi connectivity index (χ4n) is 2.05. The van der Waals surface area contributed by atoms with Gasteiger partial charge < -0.3 is 10.1 Å². The molecule has 0 aromatic heterocycles. The van der Waals surface area contributed by atoms with E-state index in [9.17, 15) is 0 Å². The Morgan fingerprint density at radius 1 is 1.05 bits per heavy atom. The zero-order chi connectivity index (χ0) is 13.9. The highest BCUT2D eigenvalue weighted by Crippen LogP contribution is 2.14. The average Bonchev–Trinajstić information content (AvgIpc) is 2.43. The normalized spacial score (nSPS) is 12.6. The van der Waals surface area contributed by atoms with Crippen LogP contribution in [0.5, 0.6) is 0 Å². The minimum absolute atomic E-state index is 0.321. The number of hydrogen-bond donors (Lipinski definition) is 1. The maximum absolute atomic E-state index is 5.82. The fourth-order valence-corrected chi connectivity index (χ4v) is 2.05. The molecule has 0 saturated carbocycles. The highest BCUT2D eigenvalue weighted by molar-refractivity contribution is 5.24. The third-order valence-electron chi connectivity index (χ3n) is 3.30. The number of benzene rings is 1. The number of ether oxygens (including phenoxy) is 1. The van der Waals surface area contributed by atoms with Crippen LogP contribution in [-0.2, 0) is 4.74 Å². The van der Waals surface area contributed by atoms with E-state index < -0.39 is 0 Å². The Labute approximate surface area is 118 Å². The first kappa shape index (κ1) is 16.2. The number of nitrogens with one attached hydrogen (secondary N) is 1. The predicted molar refractivity (Wildman–Crippen MR) is 82.6 cm³/mol. The van der Waals surface area contributed by atoms with Gasteiger partial charge in [0.05, 0.1) is 12.6 Å². The van der Waals surface area contributed by atoms with Gasteiger partial charge >= 0.3 is 0 Å². The van der Waals surface area contributed by atoms with Crippen molar-refractivity contribution in [3.63, 3.8) is 0 Å². The molecule has 19 heavy (non-hydrogen) atoms. The van der Waals surface area contributed by atoms with Gasteiger partial charge in [-0.1, -0.05) is 56.5 Å². The van der Waals surface area contributed by atoms with E-state index in [-0.39, 0.29) is 0 Å². The third kappa shape index (κ3) is 6.74. The van der Waals surface area contributed by atoms with Crippen LogP contribution in [0.25, 0.3) is 0 Å². The van der Waals surface area contributed by atoms with E-state index in [0.29, 0.717) is 6.04 Å². The number of rotatable bonds is 10. The van der Waals surface area contributed by atoms with Crippen LogP contribution in [0, 0.1) is 6.92 Å². The molecule has 0 heterocycles. The molecular weight excluding hydrogens is 234 g/mol. The summed E-state index contributed by atoms with van der Waals surface area (Å²) in [7, 11) is 0. The zero-order valence-corrected chi connectivity index (χ0v) is 12.7. The monoisotopic (exact) mass is 263 g/mol. The van der Waals surface area contributed by atoms with Gasteiger partial charge in [0.25, 0.3) is 0 Å². The van der Waals surface area contributed by atoms with E-state index in [0.717, 1.165) is 26.2 Å². The van der Waals surface area contributed by atoms with Crippen molar-refractivity contribution in [1.29, 1.82) is 0 Å². The molecule has 2 nitrogen and oxygen atoms in total. The molecule has 0 fully saturated rings. The summed E-state index contributed by atoms with van der Waals surface area (Å²) >= 11 is 0. The Kier molecular flexibility index (Phi) is 8.52. The molecule has 0 aliphatic rings. The van der Waals surface area contributed by atoms with Crippen LogP contribution in [-0.4, -0.2) is 19.8 Å². The van der Waals surface area contributed by atoms with E-state index in [1.165, 1.54) is 30.4 Å². The summed E-state index contributed by atoms with van der Waals surface area (Å²) in [6.07, 6.45) is 4.83. The molecule has 0 radical (unpaired) electrons. The van der Waals surface area contributed by atoms with Gasteiger partial charge in [-0.25, -0.2) is 0 Å². The van der Waals surface area contributed by atoms with Crippen LogP contribution in [0.4, 0.5) is 0 Å². The van der Waals surface area contributed by atoms with E-state index in [1.54, 1.807) is 0 Å². The number of hydrogen-bond acceptors (Lipinski definition) is 2. The van der Waals surface area contributed by atoms with E-state index in [4.69, 9.17) is 4.74 Å². The topological polar surface area (TPSA) is 21.3 Å². The molecule has 108 valence electrons. The van der Waals surface area contributed by atoms with Crippen LogP contribution in [0.15, 0.2) is 24.3 Å². The van der Waals surface area contributed by atoms with Crippen LogP contribution < -0.4 is 5.32 Å². The molecule has 1 atom stereocenters. The molecule has 2 heteroatoms. The third-order valence-corrected chi connectivity index (χ3v) is 3.30. The number of unbranched alkanes of at least 4 members (excludes halogenated alkanes) is 2. The molecule has 1 N–H and O–H groups in total. The molecule has 0 aliphatic carbocycles. The van der Waals surface area contributed by atoms with Gasteiger partial charge in [0.15, 0.2) is 0 Å². The lowest BCUT2D eigenvalue weighted by atomic mass is 10.1. The van der Waals surface area contributed by atoms with Crippen molar-refractivity contribution in [1.82, 2.24) is 5.32 Å². The van der Waals surface area contributed by atoms with Gasteiger partial charge in [0.2, 0.25) is 0 Å². The second-order valence-corrected chi connectivity index (χ2v) is 5.20. The van der Waals surface area contributed by atoms with Crippen molar-refractivity contribution in [2.45, 2.75) is 52.5 Å². The maximum Gasteiger partial charge on any atom is 0.0661 e. The van der Waals surface area contributed by atoms with Gasteiger partial charge in [-0.05, 0) is 31.9 Å². The lowest BCUT2D eigenvalue weighted by Crippen LogP contribution is -2.26. The first-order valence-electron chi connectivity index (χ1n) is 7.65. The van der Waals surface area contributed by atoms with Crippen LogP contribution in [0.3, 0.4) is 0 Å². The van der Waals surface area contributed by atoms with Gasteiger partial charge in [-0.15, -0.1) is 0 Å². The van der Waals surface area contributed by atoms with Gasteiger partial charge in [-0.3, -0.25) is 0 Å². The van der Waals surface area contributed by atoms with Gasteiger partial charge in [0, 0.05) is 6.61 Å². The number of aryl methyl sites for hydroxylation is 1.